The Kier molecular flexibility index (Phi) is 4.38. The van der Waals surface area contributed by atoms with Crippen LogP contribution in [0.25, 0.3) is 10.9 Å². The average Bonchev–Trinajstić information content (AvgIpc) is 2.47. The highest BCUT2D eigenvalue weighted by Crippen LogP contribution is 2.29. The van der Waals surface area contributed by atoms with Crippen molar-refractivity contribution in [1.82, 2.24) is 9.88 Å². The Morgan fingerprint density at radius 2 is 1.95 bits per heavy atom. The van der Waals surface area contributed by atoms with Crippen molar-refractivity contribution in [3.8, 4) is 0 Å². The Morgan fingerprint density at radius 3 is 2.62 bits per heavy atom. The number of benzene rings is 1. The Labute approximate surface area is 139 Å². The third-order valence-electron chi connectivity index (χ3n) is 4.21. The second-order valence-electron chi connectivity index (χ2n) is 5.81. The number of fused-ring (bicyclic) bond motifs is 1. The van der Waals surface area contributed by atoms with E-state index in [9.17, 15) is 0 Å². The van der Waals surface area contributed by atoms with Crippen LogP contribution >= 0.6 is 27.5 Å². The Balaban J connectivity index is 1.85. The highest BCUT2D eigenvalue weighted by molar-refractivity contribution is 9.10. The normalized spacial score (nSPS) is 16.9. The van der Waals surface area contributed by atoms with Gasteiger partial charge >= 0.3 is 0 Å². The molecule has 0 unspecified atom stereocenters. The van der Waals surface area contributed by atoms with Gasteiger partial charge in [-0.05, 0) is 51.2 Å². The lowest BCUT2D eigenvalue weighted by atomic mass is 10.0. The van der Waals surface area contributed by atoms with Crippen LogP contribution < -0.4 is 4.90 Å². The molecule has 1 aromatic carbocycles. The van der Waals surface area contributed by atoms with Crippen LogP contribution in [0.3, 0.4) is 0 Å². The minimum absolute atomic E-state index is 0.682. The van der Waals surface area contributed by atoms with E-state index >= 15 is 0 Å². The summed E-state index contributed by atoms with van der Waals surface area (Å²) in [5.41, 5.74) is 0.882. The third kappa shape index (κ3) is 3.17. The SMILES string of the molecule is CN(C)C1CCN(c2ccc3cc(Br)cc(Cl)c3n2)CC1. The maximum absolute atomic E-state index is 6.32. The molecule has 2 aromatic rings. The van der Waals surface area contributed by atoms with E-state index in [-0.39, 0.29) is 0 Å². The third-order valence-corrected chi connectivity index (χ3v) is 4.96. The van der Waals surface area contributed by atoms with Gasteiger partial charge in [0.15, 0.2) is 0 Å². The van der Waals surface area contributed by atoms with Gasteiger partial charge in [-0.1, -0.05) is 27.5 Å². The maximum atomic E-state index is 6.32. The first-order valence-electron chi connectivity index (χ1n) is 7.22. The largest absolute Gasteiger partial charge is 0.356 e. The standard InChI is InChI=1S/C16H19BrClN3/c1-20(2)13-5-7-21(8-6-13)15-4-3-11-9-12(17)10-14(18)16(11)19-15/h3-4,9-10,13H,5-8H2,1-2H3. The van der Waals surface area contributed by atoms with Crippen LogP contribution in [0.5, 0.6) is 0 Å². The lowest BCUT2D eigenvalue weighted by molar-refractivity contribution is 0.249. The zero-order chi connectivity index (χ0) is 15.0. The molecule has 0 N–H and O–H groups in total. The first-order valence-corrected chi connectivity index (χ1v) is 8.39. The number of anilines is 1. The lowest BCUT2D eigenvalue weighted by Crippen LogP contribution is -2.42. The first kappa shape index (κ1) is 15.1. The van der Waals surface area contributed by atoms with E-state index < -0.39 is 0 Å². The molecule has 0 bridgehead atoms. The quantitative estimate of drug-likeness (QED) is 0.792. The molecule has 1 saturated heterocycles. The van der Waals surface area contributed by atoms with Crippen LogP contribution in [0.2, 0.25) is 5.02 Å². The van der Waals surface area contributed by atoms with E-state index in [0.29, 0.717) is 11.1 Å². The molecule has 0 amide bonds. The summed E-state index contributed by atoms with van der Waals surface area (Å²) in [5, 5.41) is 1.77. The summed E-state index contributed by atoms with van der Waals surface area (Å²) in [5.74, 6) is 1.03. The molecule has 0 aliphatic carbocycles. The second kappa shape index (κ2) is 6.11. The molecule has 5 heteroatoms. The van der Waals surface area contributed by atoms with E-state index in [1.807, 2.05) is 6.07 Å². The summed E-state index contributed by atoms with van der Waals surface area (Å²) >= 11 is 9.79. The number of rotatable bonds is 2. The predicted octanol–water partition coefficient (Wildman–Crippen LogP) is 4.18. The lowest BCUT2D eigenvalue weighted by Gasteiger charge is -2.35. The molecule has 0 atom stereocenters. The molecule has 1 aromatic heterocycles. The smallest absolute Gasteiger partial charge is 0.129 e. The Hall–Kier alpha value is -0.840. The van der Waals surface area contributed by atoms with Gasteiger partial charge in [0, 0.05) is 29.0 Å². The monoisotopic (exact) mass is 367 g/mol. The van der Waals surface area contributed by atoms with Gasteiger partial charge in [-0.2, -0.15) is 0 Å². The van der Waals surface area contributed by atoms with Crippen LogP contribution in [-0.2, 0) is 0 Å². The van der Waals surface area contributed by atoms with Crippen LogP contribution in [-0.4, -0.2) is 43.1 Å². The van der Waals surface area contributed by atoms with E-state index in [2.05, 4.69) is 58.0 Å². The summed E-state index contributed by atoms with van der Waals surface area (Å²) in [4.78, 5) is 9.45. The van der Waals surface area contributed by atoms with Crippen molar-refractivity contribution >= 4 is 44.3 Å². The van der Waals surface area contributed by atoms with E-state index in [4.69, 9.17) is 16.6 Å². The number of aromatic nitrogens is 1. The summed E-state index contributed by atoms with van der Waals surface area (Å²) < 4.78 is 0.987. The fourth-order valence-electron chi connectivity index (χ4n) is 2.93. The van der Waals surface area contributed by atoms with E-state index in [1.54, 1.807) is 0 Å². The van der Waals surface area contributed by atoms with Gasteiger partial charge in [-0.15, -0.1) is 0 Å². The zero-order valence-corrected chi connectivity index (χ0v) is 14.7. The molecule has 3 nitrogen and oxygen atoms in total. The van der Waals surface area contributed by atoms with Crippen molar-refractivity contribution in [2.45, 2.75) is 18.9 Å². The number of hydrogen-bond acceptors (Lipinski definition) is 3. The zero-order valence-electron chi connectivity index (χ0n) is 12.3. The number of hydrogen-bond donors (Lipinski definition) is 0. The van der Waals surface area contributed by atoms with Crippen LogP contribution in [0.1, 0.15) is 12.8 Å². The second-order valence-corrected chi connectivity index (χ2v) is 7.13. The van der Waals surface area contributed by atoms with Crippen molar-refractivity contribution in [1.29, 1.82) is 0 Å². The van der Waals surface area contributed by atoms with Crippen LogP contribution in [0, 0.1) is 0 Å². The average molecular weight is 369 g/mol. The molecule has 1 fully saturated rings. The number of halogens is 2. The van der Waals surface area contributed by atoms with Gasteiger partial charge in [-0.25, -0.2) is 4.98 Å². The van der Waals surface area contributed by atoms with Gasteiger partial charge in [0.05, 0.1) is 10.5 Å². The van der Waals surface area contributed by atoms with Crippen molar-refractivity contribution in [3.05, 3.63) is 33.8 Å². The topological polar surface area (TPSA) is 19.4 Å². The summed E-state index contributed by atoms with van der Waals surface area (Å²) in [6.45, 7) is 2.10. The Bertz CT molecular complexity index is 651. The predicted molar refractivity (Wildman–Crippen MR) is 93.4 cm³/mol. The maximum Gasteiger partial charge on any atom is 0.129 e. The summed E-state index contributed by atoms with van der Waals surface area (Å²) in [6, 6.07) is 8.84. The highest BCUT2D eigenvalue weighted by atomic mass is 79.9. The van der Waals surface area contributed by atoms with Gasteiger partial charge in [0.25, 0.3) is 0 Å². The minimum Gasteiger partial charge on any atom is -0.356 e. The number of nitrogens with zero attached hydrogens (tertiary/aromatic N) is 3. The Morgan fingerprint density at radius 1 is 1.24 bits per heavy atom. The molecule has 21 heavy (non-hydrogen) atoms. The fourth-order valence-corrected chi connectivity index (χ4v) is 3.81. The fraction of sp³-hybridized carbons (Fsp3) is 0.438. The molecular weight excluding hydrogens is 350 g/mol. The molecule has 1 aliphatic rings. The van der Waals surface area contributed by atoms with Crippen LogP contribution in [0.15, 0.2) is 28.7 Å². The summed E-state index contributed by atoms with van der Waals surface area (Å²) in [6.07, 6.45) is 2.36. The minimum atomic E-state index is 0.682. The van der Waals surface area contributed by atoms with Gasteiger partial charge in [-0.3, -0.25) is 0 Å². The molecule has 112 valence electrons. The molecule has 0 spiro atoms. The van der Waals surface area contributed by atoms with Gasteiger partial charge in [0.1, 0.15) is 5.82 Å². The first-order chi connectivity index (χ1) is 10.0. The van der Waals surface area contributed by atoms with Crippen molar-refractivity contribution in [2.75, 3.05) is 32.1 Å². The van der Waals surface area contributed by atoms with E-state index in [1.165, 1.54) is 12.8 Å². The van der Waals surface area contributed by atoms with Crippen molar-refractivity contribution in [3.63, 3.8) is 0 Å². The van der Waals surface area contributed by atoms with Crippen LogP contribution in [0.4, 0.5) is 5.82 Å². The van der Waals surface area contributed by atoms with E-state index in [0.717, 1.165) is 34.3 Å². The van der Waals surface area contributed by atoms with Crippen molar-refractivity contribution in [2.24, 2.45) is 0 Å². The van der Waals surface area contributed by atoms with Crippen molar-refractivity contribution < 1.29 is 0 Å². The van der Waals surface area contributed by atoms with Gasteiger partial charge < -0.3 is 9.80 Å². The molecule has 0 radical (unpaired) electrons. The van der Waals surface area contributed by atoms with Gasteiger partial charge in [0.2, 0.25) is 0 Å². The molecular formula is C16H19BrClN3. The summed E-state index contributed by atoms with van der Waals surface area (Å²) in [7, 11) is 4.32. The molecule has 3 rings (SSSR count). The molecule has 1 aliphatic heterocycles. The highest BCUT2D eigenvalue weighted by Gasteiger charge is 2.21. The molecule has 2 heterocycles. The number of piperidine rings is 1. The molecule has 0 saturated carbocycles. The number of pyridine rings is 1.